The molecule has 2 heterocycles. The number of aryl methyl sites for hydroxylation is 1. The van der Waals surface area contributed by atoms with Crippen LogP contribution in [0, 0.1) is 0 Å². The fraction of sp³-hybridized carbons (Fsp3) is 0.500. The predicted molar refractivity (Wildman–Crippen MR) is 46.5 cm³/mol. The van der Waals surface area contributed by atoms with Crippen molar-refractivity contribution in [3.63, 3.8) is 0 Å². The maximum Gasteiger partial charge on any atom is 0.153 e. The van der Waals surface area contributed by atoms with Gasteiger partial charge in [0.25, 0.3) is 0 Å². The Hall–Kier alpha value is -1.16. The molecule has 0 fully saturated rings. The SMILES string of the molecule is Cn1ncnc1C1=CCNCC1. The third kappa shape index (κ3) is 1.25. The molecule has 1 aromatic heterocycles. The first kappa shape index (κ1) is 7.49. The lowest BCUT2D eigenvalue weighted by Gasteiger charge is -2.12. The molecule has 0 aromatic carbocycles. The van der Waals surface area contributed by atoms with Crippen LogP contribution in [0.3, 0.4) is 0 Å². The molecule has 0 bridgehead atoms. The normalized spacial score (nSPS) is 17.6. The fourth-order valence-corrected chi connectivity index (χ4v) is 1.41. The first-order valence-corrected chi connectivity index (χ1v) is 4.12. The van der Waals surface area contributed by atoms with Gasteiger partial charge >= 0.3 is 0 Å². The van der Waals surface area contributed by atoms with Crippen LogP contribution in [-0.4, -0.2) is 27.9 Å². The van der Waals surface area contributed by atoms with Crippen molar-refractivity contribution < 1.29 is 0 Å². The maximum atomic E-state index is 4.20. The molecule has 0 saturated heterocycles. The minimum Gasteiger partial charge on any atom is -0.313 e. The molecule has 4 nitrogen and oxygen atoms in total. The first-order valence-electron chi connectivity index (χ1n) is 4.12. The topological polar surface area (TPSA) is 42.7 Å². The molecule has 1 aliphatic rings. The number of nitrogens with zero attached hydrogens (tertiary/aromatic N) is 3. The van der Waals surface area contributed by atoms with Crippen LogP contribution in [0.15, 0.2) is 12.4 Å². The van der Waals surface area contributed by atoms with Gasteiger partial charge in [0.1, 0.15) is 6.33 Å². The average molecular weight is 164 g/mol. The van der Waals surface area contributed by atoms with Gasteiger partial charge in [-0.05, 0) is 18.5 Å². The lowest BCUT2D eigenvalue weighted by Crippen LogP contribution is -2.21. The van der Waals surface area contributed by atoms with Crippen molar-refractivity contribution in [3.05, 3.63) is 18.2 Å². The summed E-state index contributed by atoms with van der Waals surface area (Å²) in [4.78, 5) is 4.20. The number of aromatic nitrogens is 3. The summed E-state index contributed by atoms with van der Waals surface area (Å²) in [5.74, 6) is 0.997. The summed E-state index contributed by atoms with van der Waals surface area (Å²) in [5.41, 5.74) is 1.30. The van der Waals surface area contributed by atoms with Crippen LogP contribution in [0.4, 0.5) is 0 Å². The molecule has 0 saturated carbocycles. The Kier molecular flexibility index (Phi) is 1.91. The van der Waals surface area contributed by atoms with Crippen molar-refractivity contribution in [1.82, 2.24) is 20.1 Å². The second kappa shape index (κ2) is 3.06. The molecule has 1 aromatic rings. The average Bonchev–Trinajstić information content (AvgIpc) is 2.53. The van der Waals surface area contributed by atoms with Crippen molar-refractivity contribution in [2.75, 3.05) is 13.1 Å². The van der Waals surface area contributed by atoms with Gasteiger partial charge in [-0.2, -0.15) is 5.10 Å². The lowest BCUT2D eigenvalue weighted by atomic mass is 10.1. The molecular weight excluding hydrogens is 152 g/mol. The quantitative estimate of drug-likeness (QED) is 0.644. The summed E-state index contributed by atoms with van der Waals surface area (Å²) in [5, 5.41) is 7.30. The minimum atomic E-state index is 0.947. The van der Waals surface area contributed by atoms with Crippen LogP contribution in [0.25, 0.3) is 5.57 Å². The highest BCUT2D eigenvalue weighted by molar-refractivity contribution is 5.60. The number of rotatable bonds is 1. The zero-order chi connectivity index (χ0) is 8.39. The molecule has 0 radical (unpaired) electrons. The second-order valence-corrected chi connectivity index (χ2v) is 2.89. The van der Waals surface area contributed by atoms with E-state index < -0.39 is 0 Å². The predicted octanol–water partition coefficient (Wildman–Crippen LogP) is 0.192. The molecule has 0 spiro atoms. The van der Waals surface area contributed by atoms with E-state index in [0.29, 0.717) is 0 Å². The van der Waals surface area contributed by atoms with Gasteiger partial charge in [0.05, 0.1) is 0 Å². The van der Waals surface area contributed by atoms with E-state index in [4.69, 9.17) is 0 Å². The Balaban J connectivity index is 2.29. The Morgan fingerprint density at radius 2 is 2.50 bits per heavy atom. The van der Waals surface area contributed by atoms with Gasteiger partial charge in [0.2, 0.25) is 0 Å². The Labute approximate surface area is 71.3 Å². The highest BCUT2D eigenvalue weighted by atomic mass is 15.3. The standard InChI is InChI=1S/C8H12N4/c1-12-8(10-6-11-12)7-2-4-9-5-3-7/h2,6,9H,3-5H2,1H3. The van der Waals surface area contributed by atoms with Gasteiger partial charge in [-0.15, -0.1) is 0 Å². The summed E-state index contributed by atoms with van der Waals surface area (Å²) >= 11 is 0. The van der Waals surface area contributed by atoms with E-state index in [1.165, 1.54) is 5.57 Å². The number of nitrogens with one attached hydrogen (secondary N) is 1. The van der Waals surface area contributed by atoms with E-state index >= 15 is 0 Å². The van der Waals surface area contributed by atoms with Crippen molar-refractivity contribution in [3.8, 4) is 0 Å². The molecule has 12 heavy (non-hydrogen) atoms. The molecule has 1 N–H and O–H groups in total. The molecule has 2 rings (SSSR count). The molecule has 0 amide bonds. The van der Waals surface area contributed by atoms with Gasteiger partial charge in [0, 0.05) is 13.6 Å². The molecule has 0 aliphatic carbocycles. The zero-order valence-corrected chi connectivity index (χ0v) is 7.12. The Bertz CT molecular complexity index is 300. The van der Waals surface area contributed by atoms with Gasteiger partial charge in [-0.1, -0.05) is 6.08 Å². The van der Waals surface area contributed by atoms with Gasteiger partial charge < -0.3 is 5.32 Å². The van der Waals surface area contributed by atoms with E-state index in [1.54, 1.807) is 6.33 Å². The van der Waals surface area contributed by atoms with Crippen LogP contribution in [0.2, 0.25) is 0 Å². The van der Waals surface area contributed by atoms with Gasteiger partial charge in [0.15, 0.2) is 5.82 Å². The summed E-state index contributed by atoms with van der Waals surface area (Å²) in [6.45, 7) is 1.99. The van der Waals surface area contributed by atoms with E-state index in [1.807, 2.05) is 11.7 Å². The van der Waals surface area contributed by atoms with Crippen LogP contribution < -0.4 is 5.32 Å². The summed E-state index contributed by atoms with van der Waals surface area (Å²) in [7, 11) is 1.92. The molecule has 0 atom stereocenters. The minimum absolute atomic E-state index is 0.947. The van der Waals surface area contributed by atoms with E-state index in [9.17, 15) is 0 Å². The van der Waals surface area contributed by atoms with E-state index in [0.717, 1.165) is 25.3 Å². The summed E-state index contributed by atoms with van der Waals surface area (Å²) in [6, 6.07) is 0. The molecule has 64 valence electrons. The summed E-state index contributed by atoms with van der Waals surface area (Å²) in [6.07, 6.45) is 4.82. The smallest absolute Gasteiger partial charge is 0.153 e. The van der Waals surface area contributed by atoms with Crippen LogP contribution in [0.5, 0.6) is 0 Å². The zero-order valence-electron chi connectivity index (χ0n) is 7.12. The van der Waals surface area contributed by atoms with Crippen LogP contribution >= 0.6 is 0 Å². The highest BCUT2D eigenvalue weighted by Crippen LogP contribution is 2.15. The molecule has 0 unspecified atom stereocenters. The van der Waals surface area contributed by atoms with Crippen molar-refractivity contribution in [2.45, 2.75) is 6.42 Å². The highest BCUT2D eigenvalue weighted by Gasteiger charge is 2.09. The van der Waals surface area contributed by atoms with Gasteiger partial charge in [-0.3, -0.25) is 0 Å². The summed E-state index contributed by atoms with van der Waals surface area (Å²) < 4.78 is 1.82. The van der Waals surface area contributed by atoms with Gasteiger partial charge in [-0.25, -0.2) is 9.67 Å². The third-order valence-corrected chi connectivity index (χ3v) is 2.06. The molecular formula is C8H12N4. The second-order valence-electron chi connectivity index (χ2n) is 2.89. The van der Waals surface area contributed by atoms with E-state index in [-0.39, 0.29) is 0 Å². The maximum absolute atomic E-state index is 4.20. The molecule has 4 heteroatoms. The van der Waals surface area contributed by atoms with Crippen molar-refractivity contribution >= 4 is 5.57 Å². The Morgan fingerprint density at radius 1 is 1.58 bits per heavy atom. The first-order chi connectivity index (χ1) is 5.88. The fourth-order valence-electron chi connectivity index (χ4n) is 1.41. The van der Waals surface area contributed by atoms with Crippen LogP contribution in [-0.2, 0) is 7.05 Å². The van der Waals surface area contributed by atoms with E-state index in [2.05, 4.69) is 21.5 Å². The largest absolute Gasteiger partial charge is 0.313 e. The monoisotopic (exact) mass is 164 g/mol. The number of hydrogen-bond acceptors (Lipinski definition) is 3. The van der Waals surface area contributed by atoms with Crippen molar-refractivity contribution in [2.24, 2.45) is 7.05 Å². The Morgan fingerprint density at radius 3 is 3.08 bits per heavy atom. The molecule has 1 aliphatic heterocycles. The van der Waals surface area contributed by atoms with Crippen molar-refractivity contribution in [1.29, 1.82) is 0 Å². The number of hydrogen-bond donors (Lipinski definition) is 1. The van der Waals surface area contributed by atoms with Crippen LogP contribution in [0.1, 0.15) is 12.2 Å². The third-order valence-electron chi connectivity index (χ3n) is 2.06. The lowest BCUT2D eigenvalue weighted by molar-refractivity contribution is 0.710.